The number of likely N-dealkylation sites (N-methyl/N-ethyl adjacent to an activating group) is 1. The summed E-state index contributed by atoms with van der Waals surface area (Å²) in [6.07, 6.45) is 5.41. The average molecular weight is 436 g/mol. The smallest absolute Gasteiger partial charge is 0.189 e. The Kier molecular flexibility index (Phi) is 5.35. The molecule has 154 valence electrons. The van der Waals surface area contributed by atoms with Crippen molar-refractivity contribution in [3.63, 3.8) is 0 Å². The highest BCUT2D eigenvalue weighted by Crippen LogP contribution is 2.43. The normalized spacial score (nSPS) is 13.5. The number of aromatic nitrogens is 3. The Morgan fingerprint density at radius 3 is 2.63 bits per heavy atom. The van der Waals surface area contributed by atoms with Crippen LogP contribution in [0.25, 0.3) is 31.7 Å². The van der Waals surface area contributed by atoms with E-state index < -0.39 is 0 Å². The summed E-state index contributed by atoms with van der Waals surface area (Å²) in [4.78, 5) is 18.1. The molecule has 5 rings (SSSR count). The summed E-state index contributed by atoms with van der Waals surface area (Å²) in [6, 6.07) is 10.6. The minimum atomic E-state index is 0.813. The lowest BCUT2D eigenvalue weighted by atomic mass is 10.0. The molecule has 0 radical (unpaired) electrons. The summed E-state index contributed by atoms with van der Waals surface area (Å²) < 4.78 is 1.12. The molecule has 0 fully saturated rings. The molecule has 0 unspecified atom stereocenters. The van der Waals surface area contributed by atoms with Crippen molar-refractivity contribution in [2.24, 2.45) is 0 Å². The van der Waals surface area contributed by atoms with Gasteiger partial charge in [-0.3, -0.25) is 0 Å². The third kappa shape index (κ3) is 3.45. The maximum Gasteiger partial charge on any atom is 0.189 e. The highest BCUT2D eigenvalue weighted by molar-refractivity contribution is 7.98. The molecular formula is C23H25N5S2. The highest BCUT2D eigenvalue weighted by atomic mass is 32.2. The van der Waals surface area contributed by atoms with Crippen LogP contribution in [0.15, 0.2) is 35.5 Å². The third-order valence-corrected chi connectivity index (χ3v) is 7.22. The fourth-order valence-corrected chi connectivity index (χ4v) is 5.67. The maximum absolute atomic E-state index is 5.17. The van der Waals surface area contributed by atoms with E-state index in [0.29, 0.717) is 0 Å². The lowest BCUT2D eigenvalue weighted by Gasteiger charge is -2.12. The van der Waals surface area contributed by atoms with Crippen molar-refractivity contribution in [2.75, 3.05) is 38.8 Å². The van der Waals surface area contributed by atoms with Gasteiger partial charge in [0.25, 0.3) is 0 Å². The second-order valence-electron chi connectivity index (χ2n) is 7.89. The number of fused-ring (bicyclic) bond motifs is 5. The monoisotopic (exact) mass is 435 g/mol. The second kappa shape index (κ2) is 8.13. The zero-order chi connectivity index (χ0) is 20.7. The van der Waals surface area contributed by atoms with Crippen molar-refractivity contribution in [2.45, 2.75) is 24.4 Å². The van der Waals surface area contributed by atoms with E-state index in [1.807, 2.05) is 6.26 Å². The van der Waals surface area contributed by atoms with E-state index in [1.165, 1.54) is 28.5 Å². The van der Waals surface area contributed by atoms with Crippen LogP contribution in [0.5, 0.6) is 0 Å². The second-order valence-corrected chi connectivity index (χ2v) is 9.66. The summed E-state index contributed by atoms with van der Waals surface area (Å²) in [6.45, 7) is 1.80. The number of nitrogens with zero attached hydrogens (tertiary/aromatic N) is 4. The summed E-state index contributed by atoms with van der Waals surface area (Å²) in [5.41, 5.74) is 6.25. The first kappa shape index (κ1) is 19.7. The van der Waals surface area contributed by atoms with Crippen LogP contribution in [0.3, 0.4) is 0 Å². The Bertz CT molecular complexity index is 1220. The van der Waals surface area contributed by atoms with Crippen LogP contribution in [0.1, 0.15) is 17.5 Å². The Labute approximate surface area is 184 Å². The van der Waals surface area contributed by atoms with Gasteiger partial charge in [0.15, 0.2) is 5.16 Å². The van der Waals surface area contributed by atoms with Gasteiger partial charge >= 0.3 is 0 Å². The average Bonchev–Trinajstić information content (AvgIpc) is 3.37. The van der Waals surface area contributed by atoms with Crippen molar-refractivity contribution < 1.29 is 0 Å². The zero-order valence-electron chi connectivity index (χ0n) is 17.5. The van der Waals surface area contributed by atoms with Crippen LogP contribution in [0, 0.1) is 0 Å². The van der Waals surface area contributed by atoms with Crippen molar-refractivity contribution in [3.05, 3.63) is 41.5 Å². The van der Waals surface area contributed by atoms with Gasteiger partial charge in [0.05, 0.1) is 15.9 Å². The summed E-state index contributed by atoms with van der Waals surface area (Å²) in [5, 5.41) is 5.60. The number of rotatable bonds is 6. The molecule has 30 heavy (non-hydrogen) atoms. The first-order valence-corrected chi connectivity index (χ1v) is 12.3. The molecule has 0 saturated heterocycles. The summed E-state index contributed by atoms with van der Waals surface area (Å²) in [7, 11) is 4.17. The van der Waals surface area contributed by atoms with E-state index in [0.717, 1.165) is 57.6 Å². The number of aryl methyl sites for hydroxylation is 1. The largest absolute Gasteiger partial charge is 0.367 e. The van der Waals surface area contributed by atoms with Crippen LogP contribution in [0.2, 0.25) is 0 Å². The molecule has 5 nitrogen and oxygen atoms in total. The number of hydrogen-bond donors (Lipinski definition) is 1. The topological polar surface area (TPSA) is 53.9 Å². The molecule has 0 spiro atoms. The molecule has 0 bridgehead atoms. The standard InChI is InChI=1S/C23H25N5S2/c1-28(2)13-12-24-21-20-19(26-23(27-21)29-3)17-15-10-7-11-16(15)18(25-22(17)30-20)14-8-5-4-6-9-14/h4-6,8-9H,7,10-13H2,1-3H3,(H,24,26,27). The Balaban J connectivity index is 1.73. The predicted molar refractivity (Wildman–Crippen MR) is 129 cm³/mol. The molecule has 0 amide bonds. The van der Waals surface area contributed by atoms with Gasteiger partial charge in [-0.1, -0.05) is 42.1 Å². The quantitative estimate of drug-likeness (QED) is 0.336. The number of benzene rings is 1. The number of anilines is 1. The van der Waals surface area contributed by atoms with E-state index >= 15 is 0 Å². The molecule has 1 aromatic carbocycles. The maximum atomic E-state index is 5.17. The molecule has 1 aliphatic rings. The number of nitrogens with one attached hydrogen (secondary N) is 1. The first-order valence-electron chi connectivity index (χ1n) is 10.3. The zero-order valence-corrected chi connectivity index (χ0v) is 19.2. The highest BCUT2D eigenvalue weighted by Gasteiger charge is 2.25. The van der Waals surface area contributed by atoms with Crippen LogP contribution in [-0.4, -0.2) is 53.3 Å². The van der Waals surface area contributed by atoms with E-state index in [2.05, 4.69) is 54.6 Å². The first-order chi connectivity index (χ1) is 14.7. The van der Waals surface area contributed by atoms with E-state index in [-0.39, 0.29) is 0 Å². The van der Waals surface area contributed by atoms with Gasteiger partial charge in [-0.05, 0) is 50.7 Å². The molecule has 0 saturated carbocycles. The van der Waals surface area contributed by atoms with Crippen LogP contribution >= 0.6 is 23.1 Å². The molecular weight excluding hydrogens is 410 g/mol. The van der Waals surface area contributed by atoms with Gasteiger partial charge in [-0.15, -0.1) is 11.3 Å². The minimum Gasteiger partial charge on any atom is -0.367 e. The van der Waals surface area contributed by atoms with Crippen molar-refractivity contribution >= 4 is 49.3 Å². The number of thioether (sulfide) groups is 1. The van der Waals surface area contributed by atoms with Gasteiger partial charge in [-0.25, -0.2) is 15.0 Å². The Morgan fingerprint density at radius 1 is 1.07 bits per heavy atom. The van der Waals surface area contributed by atoms with E-state index in [1.54, 1.807) is 23.1 Å². The van der Waals surface area contributed by atoms with E-state index in [4.69, 9.17) is 15.0 Å². The van der Waals surface area contributed by atoms with Gasteiger partial charge < -0.3 is 10.2 Å². The van der Waals surface area contributed by atoms with Crippen molar-refractivity contribution in [1.82, 2.24) is 19.9 Å². The lowest BCUT2D eigenvalue weighted by molar-refractivity contribution is 0.425. The minimum absolute atomic E-state index is 0.813. The molecule has 1 N–H and O–H groups in total. The summed E-state index contributed by atoms with van der Waals surface area (Å²) in [5.74, 6) is 0.933. The van der Waals surface area contributed by atoms with Gasteiger partial charge in [-0.2, -0.15) is 0 Å². The molecule has 3 heterocycles. The fourth-order valence-electron chi connectivity index (χ4n) is 4.19. The molecule has 1 aliphatic carbocycles. The van der Waals surface area contributed by atoms with Crippen molar-refractivity contribution in [1.29, 1.82) is 0 Å². The Hall–Kier alpha value is -2.22. The van der Waals surface area contributed by atoms with Crippen LogP contribution in [-0.2, 0) is 12.8 Å². The van der Waals surface area contributed by atoms with Crippen molar-refractivity contribution in [3.8, 4) is 11.3 Å². The van der Waals surface area contributed by atoms with Crippen LogP contribution < -0.4 is 5.32 Å². The Morgan fingerprint density at radius 2 is 1.87 bits per heavy atom. The molecule has 0 atom stereocenters. The van der Waals surface area contributed by atoms with Crippen LogP contribution in [0.4, 0.5) is 5.82 Å². The third-order valence-electron chi connectivity index (χ3n) is 5.59. The molecule has 0 aliphatic heterocycles. The molecule has 7 heteroatoms. The SMILES string of the molecule is CSc1nc(NCCN(C)C)c2sc3nc(-c4ccccc4)c4c(c3c2n1)CCC4. The number of hydrogen-bond acceptors (Lipinski definition) is 7. The van der Waals surface area contributed by atoms with E-state index in [9.17, 15) is 0 Å². The number of thiophene rings is 1. The summed E-state index contributed by atoms with van der Waals surface area (Å²) >= 11 is 3.31. The predicted octanol–water partition coefficient (Wildman–Crippen LogP) is 5.09. The van der Waals surface area contributed by atoms with Gasteiger partial charge in [0.2, 0.25) is 0 Å². The lowest BCUT2D eigenvalue weighted by Crippen LogP contribution is -2.21. The van der Waals surface area contributed by atoms with Gasteiger partial charge in [0, 0.05) is 24.0 Å². The molecule has 4 aromatic rings. The number of pyridine rings is 1. The molecule has 3 aromatic heterocycles. The van der Waals surface area contributed by atoms with Gasteiger partial charge in [0.1, 0.15) is 10.6 Å². The fraction of sp³-hybridized carbons (Fsp3) is 0.348.